The van der Waals surface area contributed by atoms with Crippen molar-refractivity contribution in [2.45, 2.75) is 18.9 Å². The zero-order valence-corrected chi connectivity index (χ0v) is 19.5. The number of piperidine rings is 1. The van der Waals surface area contributed by atoms with Crippen LogP contribution in [0.25, 0.3) is 0 Å². The van der Waals surface area contributed by atoms with Crippen LogP contribution in [0.5, 0.6) is 0 Å². The molecule has 2 N–H and O–H groups in total. The molecule has 0 radical (unpaired) electrons. The number of nitrogens with one attached hydrogen (secondary N) is 2. The zero-order chi connectivity index (χ0) is 19.7. The largest absolute Gasteiger partial charge is 0.379 e. The molecule has 7 nitrogen and oxygen atoms in total. The zero-order valence-electron chi connectivity index (χ0n) is 16.4. The Hall–Kier alpha value is -1.14. The normalized spacial score (nSPS) is 17.8. The van der Waals surface area contributed by atoms with Crippen LogP contribution in [0, 0.1) is 5.82 Å². The summed E-state index contributed by atoms with van der Waals surface area (Å²) in [5.74, 6) is 0.474. The van der Waals surface area contributed by atoms with Gasteiger partial charge < -0.3 is 20.3 Å². The van der Waals surface area contributed by atoms with Gasteiger partial charge in [-0.3, -0.25) is 4.99 Å². The smallest absolute Gasteiger partial charge is 0.191 e. The second kappa shape index (κ2) is 12.4. The number of hydrogen-bond acceptors (Lipinski definition) is 5. The van der Waals surface area contributed by atoms with E-state index >= 15 is 0 Å². The van der Waals surface area contributed by atoms with Crippen LogP contribution >= 0.6 is 24.0 Å². The second-order valence-electron chi connectivity index (χ2n) is 6.65. The third kappa shape index (κ3) is 9.37. The quantitative estimate of drug-likeness (QED) is 0.231. The molecule has 1 aliphatic rings. The van der Waals surface area contributed by atoms with Crippen LogP contribution in [-0.2, 0) is 14.6 Å². The van der Waals surface area contributed by atoms with Crippen molar-refractivity contribution in [3.05, 3.63) is 30.1 Å². The Morgan fingerprint density at radius 3 is 2.86 bits per heavy atom. The van der Waals surface area contributed by atoms with Crippen molar-refractivity contribution < 1.29 is 17.5 Å². The first-order valence-electron chi connectivity index (χ1n) is 9.10. The van der Waals surface area contributed by atoms with Gasteiger partial charge in [0.25, 0.3) is 0 Å². The summed E-state index contributed by atoms with van der Waals surface area (Å²) in [4.78, 5) is 6.39. The molecular formula is C18H30FIN4O3S. The van der Waals surface area contributed by atoms with Crippen LogP contribution in [0.1, 0.15) is 12.8 Å². The van der Waals surface area contributed by atoms with Crippen molar-refractivity contribution in [2.24, 2.45) is 4.99 Å². The van der Waals surface area contributed by atoms with Crippen molar-refractivity contribution >= 4 is 45.5 Å². The molecule has 1 aromatic rings. The Labute approximate surface area is 184 Å². The maximum Gasteiger partial charge on any atom is 0.191 e. The first-order valence-corrected chi connectivity index (χ1v) is 11.2. The summed E-state index contributed by atoms with van der Waals surface area (Å²) in [6.07, 6.45) is 3.22. The SMILES string of the molecule is CN=C(NCCOCCS(C)(=O)=O)NC1CCCN(c2cccc(F)c2)C1.I. The fourth-order valence-electron chi connectivity index (χ4n) is 2.94. The number of rotatable bonds is 8. The van der Waals surface area contributed by atoms with Gasteiger partial charge in [-0.2, -0.15) is 0 Å². The summed E-state index contributed by atoms with van der Waals surface area (Å²) >= 11 is 0. The van der Waals surface area contributed by atoms with Gasteiger partial charge >= 0.3 is 0 Å². The standard InChI is InChI=1S/C18H29FN4O3S.HI/c1-20-18(21-8-10-26-11-12-27(2,24)25)22-16-6-4-9-23(14-16)17-7-3-5-15(19)13-17;/h3,5,7,13,16H,4,6,8-12,14H2,1-2H3,(H2,20,21,22);1H. The molecule has 1 saturated heterocycles. The Morgan fingerprint density at radius 1 is 1.39 bits per heavy atom. The number of aliphatic imine (C=N–C) groups is 1. The van der Waals surface area contributed by atoms with Gasteiger partial charge in [-0.25, -0.2) is 12.8 Å². The van der Waals surface area contributed by atoms with Gasteiger partial charge in [0, 0.05) is 44.7 Å². The van der Waals surface area contributed by atoms with E-state index in [-0.39, 0.29) is 48.2 Å². The predicted molar refractivity (Wildman–Crippen MR) is 122 cm³/mol. The highest BCUT2D eigenvalue weighted by Gasteiger charge is 2.21. The summed E-state index contributed by atoms with van der Waals surface area (Å²) in [5.41, 5.74) is 0.892. The number of hydrogen-bond donors (Lipinski definition) is 2. The number of ether oxygens (including phenoxy) is 1. The van der Waals surface area contributed by atoms with Gasteiger partial charge in [-0.15, -0.1) is 24.0 Å². The highest BCUT2D eigenvalue weighted by molar-refractivity contribution is 14.0. The number of sulfone groups is 1. The average Bonchev–Trinajstić information content (AvgIpc) is 2.63. The summed E-state index contributed by atoms with van der Waals surface area (Å²) in [6, 6.07) is 6.87. The molecule has 0 bridgehead atoms. The third-order valence-corrected chi connectivity index (χ3v) is 5.20. The summed E-state index contributed by atoms with van der Waals surface area (Å²) < 4.78 is 40.8. The van der Waals surface area contributed by atoms with Gasteiger partial charge in [0.1, 0.15) is 15.7 Å². The molecule has 2 rings (SSSR count). The highest BCUT2D eigenvalue weighted by Crippen LogP contribution is 2.20. The van der Waals surface area contributed by atoms with E-state index in [0.29, 0.717) is 19.1 Å². The van der Waals surface area contributed by atoms with E-state index in [0.717, 1.165) is 31.6 Å². The van der Waals surface area contributed by atoms with E-state index in [9.17, 15) is 12.8 Å². The van der Waals surface area contributed by atoms with E-state index in [1.807, 2.05) is 6.07 Å². The molecule has 1 atom stereocenters. The summed E-state index contributed by atoms with van der Waals surface area (Å²) in [5, 5.41) is 6.55. The molecule has 1 unspecified atom stereocenters. The van der Waals surface area contributed by atoms with Gasteiger partial charge in [0.05, 0.1) is 19.0 Å². The molecule has 1 heterocycles. The lowest BCUT2D eigenvalue weighted by atomic mass is 10.0. The number of benzene rings is 1. The number of nitrogens with zero attached hydrogens (tertiary/aromatic N) is 2. The lowest BCUT2D eigenvalue weighted by Gasteiger charge is -2.35. The van der Waals surface area contributed by atoms with Crippen molar-refractivity contribution in [2.75, 3.05) is 56.8 Å². The van der Waals surface area contributed by atoms with E-state index in [1.165, 1.54) is 12.3 Å². The molecule has 160 valence electrons. The molecule has 0 saturated carbocycles. The van der Waals surface area contributed by atoms with Crippen LogP contribution in [0.2, 0.25) is 0 Å². The van der Waals surface area contributed by atoms with E-state index in [4.69, 9.17) is 4.74 Å². The molecular weight excluding hydrogens is 498 g/mol. The van der Waals surface area contributed by atoms with Gasteiger partial charge in [0.15, 0.2) is 5.96 Å². The molecule has 1 aliphatic heterocycles. The second-order valence-corrected chi connectivity index (χ2v) is 8.91. The minimum Gasteiger partial charge on any atom is -0.379 e. The molecule has 0 amide bonds. The average molecular weight is 528 g/mol. The van der Waals surface area contributed by atoms with E-state index in [1.54, 1.807) is 19.2 Å². The Bertz CT molecular complexity index is 733. The van der Waals surface area contributed by atoms with Crippen molar-refractivity contribution in [3.63, 3.8) is 0 Å². The number of halogens is 2. The topological polar surface area (TPSA) is 83.0 Å². The van der Waals surface area contributed by atoms with E-state index < -0.39 is 9.84 Å². The lowest BCUT2D eigenvalue weighted by molar-refractivity contribution is 0.154. The maximum absolute atomic E-state index is 13.5. The Kier molecular flexibility index (Phi) is 11.1. The fraction of sp³-hybridized carbons (Fsp3) is 0.611. The highest BCUT2D eigenvalue weighted by atomic mass is 127. The van der Waals surface area contributed by atoms with Gasteiger partial charge in [-0.1, -0.05) is 6.07 Å². The monoisotopic (exact) mass is 528 g/mol. The molecule has 1 aromatic carbocycles. The predicted octanol–water partition coefficient (Wildman–Crippen LogP) is 1.64. The number of guanidine groups is 1. The third-order valence-electron chi connectivity index (χ3n) is 4.30. The van der Waals surface area contributed by atoms with Crippen LogP contribution < -0.4 is 15.5 Å². The molecule has 28 heavy (non-hydrogen) atoms. The summed E-state index contributed by atoms with van der Waals surface area (Å²) in [7, 11) is -1.29. The van der Waals surface area contributed by atoms with Crippen molar-refractivity contribution in [1.82, 2.24) is 10.6 Å². The molecule has 10 heteroatoms. The lowest BCUT2D eigenvalue weighted by Crippen LogP contribution is -2.51. The first-order chi connectivity index (χ1) is 12.9. The Morgan fingerprint density at radius 2 is 2.18 bits per heavy atom. The molecule has 0 spiro atoms. The molecule has 1 fully saturated rings. The summed E-state index contributed by atoms with van der Waals surface area (Å²) in [6.45, 7) is 2.80. The molecule has 0 aromatic heterocycles. The van der Waals surface area contributed by atoms with Crippen LogP contribution in [0.4, 0.5) is 10.1 Å². The first kappa shape index (κ1) is 24.9. The fourth-order valence-corrected chi connectivity index (χ4v) is 3.36. The van der Waals surface area contributed by atoms with Gasteiger partial charge in [0.2, 0.25) is 0 Å². The van der Waals surface area contributed by atoms with Crippen LogP contribution in [0.15, 0.2) is 29.3 Å². The Balaban J connectivity index is 0.00000392. The van der Waals surface area contributed by atoms with Crippen molar-refractivity contribution in [3.8, 4) is 0 Å². The minimum atomic E-state index is -2.99. The number of anilines is 1. The van der Waals surface area contributed by atoms with Gasteiger partial charge in [-0.05, 0) is 31.0 Å². The maximum atomic E-state index is 13.5. The van der Waals surface area contributed by atoms with Crippen LogP contribution in [-0.4, -0.2) is 72.3 Å². The molecule has 0 aliphatic carbocycles. The van der Waals surface area contributed by atoms with Crippen LogP contribution in [0.3, 0.4) is 0 Å². The van der Waals surface area contributed by atoms with E-state index in [2.05, 4.69) is 20.5 Å². The minimum absolute atomic E-state index is 0. The van der Waals surface area contributed by atoms with Crippen molar-refractivity contribution in [1.29, 1.82) is 0 Å².